The maximum absolute atomic E-state index is 13.0. The van der Waals surface area contributed by atoms with E-state index in [-0.39, 0.29) is 5.82 Å². The smallest absolute Gasteiger partial charge is 0.191 e. The third-order valence-corrected chi connectivity index (χ3v) is 4.06. The lowest BCUT2D eigenvalue weighted by molar-refractivity contribution is 0.0822. The molecule has 1 saturated heterocycles. The fourth-order valence-corrected chi connectivity index (χ4v) is 2.66. The molecule has 1 aromatic carbocycles. The van der Waals surface area contributed by atoms with Crippen LogP contribution in [0.1, 0.15) is 18.5 Å². The Morgan fingerprint density at radius 3 is 2.73 bits per heavy atom. The summed E-state index contributed by atoms with van der Waals surface area (Å²) < 4.78 is 24.1. The highest BCUT2D eigenvalue weighted by molar-refractivity contribution is 5.79. The third kappa shape index (κ3) is 5.42. The third-order valence-electron chi connectivity index (χ3n) is 4.06. The van der Waals surface area contributed by atoms with Crippen molar-refractivity contribution < 1.29 is 13.9 Å². The predicted octanol–water partition coefficient (Wildman–Crippen LogP) is 2.86. The highest BCUT2D eigenvalue weighted by atomic mass is 19.1. The van der Waals surface area contributed by atoms with Gasteiger partial charge in [-0.15, -0.1) is 0 Å². The largest absolute Gasteiger partial charge is 0.457 e. The Morgan fingerprint density at radius 1 is 1.23 bits per heavy atom. The van der Waals surface area contributed by atoms with Gasteiger partial charge < -0.3 is 20.1 Å². The van der Waals surface area contributed by atoms with Crippen molar-refractivity contribution >= 4 is 5.96 Å². The topological polar surface area (TPSA) is 67.8 Å². The Morgan fingerprint density at radius 2 is 2.00 bits per heavy atom. The maximum Gasteiger partial charge on any atom is 0.191 e. The van der Waals surface area contributed by atoms with E-state index in [0.29, 0.717) is 24.1 Å². The maximum atomic E-state index is 13.0. The number of aliphatic imine (C=N–C) groups is 1. The number of rotatable bonds is 5. The predicted molar refractivity (Wildman–Crippen MR) is 97.9 cm³/mol. The lowest BCUT2D eigenvalue weighted by atomic mass is 10.1. The van der Waals surface area contributed by atoms with Gasteiger partial charge in [0.15, 0.2) is 5.96 Å². The van der Waals surface area contributed by atoms with Crippen LogP contribution in [0.4, 0.5) is 4.39 Å². The molecule has 26 heavy (non-hydrogen) atoms. The van der Waals surface area contributed by atoms with Crippen molar-refractivity contribution in [1.29, 1.82) is 0 Å². The van der Waals surface area contributed by atoms with Gasteiger partial charge in [0.2, 0.25) is 0 Å². The van der Waals surface area contributed by atoms with E-state index in [1.165, 1.54) is 12.1 Å². The first kappa shape index (κ1) is 18.1. The van der Waals surface area contributed by atoms with E-state index in [1.54, 1.807) is 31.4 Å². The average molecular weight is 358 g/mol. The van der Waals surface area contributed by atoms with Gasteiger partial charge in [0.1, 0.15) is 17.3 Å². The summed E-state index contributed by atoms with van der Waals surface area (Å²) in [5.74, 6) is 1.67. The van der Waals surface area contributed by atoms with Crippen LogP contribution in [0.5, 0.6) is 11.5 Å². The fourth-order valence-electron chi connectivity index (χ4n) is 2.66. The van der Waals surface area contributed by atoms with Crippen LogP contribution in [0.25, 0.3) is 0 Å². The SMILES string of the molecule is CN=C(NCc1cc(Oc2ccc(F)cc2)ccn1)NC1CCOCC1. The second-order valence-electron chi connectivity index (χ2n) is 6.00. The number of ether oxygens (including phenoxy) is 2. The van der Waals surface area contributed by atoms with Crippen LogP contribution in [0.3, 0.4) is 0 Å². The lowest BCUT2D eigenvalue weighted by Crippen LogP contribution is -2.45. The average Bonchev–Trinajstić information content (AvgIpc) is 2.68. The summed E-state index contributed by atoms with van der Waals surface area (Å²) in [5.41, 5.74) is 0.819. The minimum absolute atomic E-state index is 0.291. The molecule has 3 rings (SSSR count). The zero-order valence-electron chi connectivity index (χ0n) is 14.7. The van der Waals surface area contributed by atoms with Gasteiger partial charge >= 0.3 is 0 Å². The molecule has 6 nitrogen and oxygen atoms in total. The zero-order chi connectivity index (χ0) is 18.2. The first-order valence-corrected chi connectivity index (χ1v) is 8.66. The second-order valence-corrected chi connectivity index (χ2v) is 6.00. The number of guanidine groups is 1. The first-order valence-electron chi connectivity index (χ1n) is 8.66. The number of nitrogens with one attached hydrogen (secondary N) is 2. The Bertz CT molecular complexity index is 731. The van der Waals surface area contributed by atoms with Crippen LogP contribution < -0.4 is 15.4 Å². The molecule has 1 aliphatic rings. The standard InChI is InChI=1S/C19H23FN4O2/c1-21-19(24-15-7-10-25-11-8-15)23-13-16-12-18(6-9-22-16)26-17-4-2-14(20)3-5-17/h2-6,9,12,15H,7-8,10-11,13H2,1H3,(H2,21,23,24). The van der Waals surface area contributed by atoms with Crippen molar-refractivity contribution in [2.24, 2.45) is 4.99 Å². The van der Waals surface area contributed by atoms with Crippen molar-refractivity contribution in [1.82, 2.24) is 15.6 Å². The molecule has 1 aliphatic heterocycles. The Balaban J connectivity index is 1.54. The molecule has 2 N–H and O–H groups in total. The van der Waals surface area contributed by atoms with E-state index >= 15 is 0 Å². The Kier molecular flexibility index (Phi) is 6.38. The van der Waals surface area contributed by atoms with Gasteiger partial charge in [0, 0.05) is 38.6 Å². The highest BCUT2D eigenvalue weighted by Gasteiger charge is 2.14. The summed E-state index contributed by atoms with van der Waals surface area (Å²) >= 11 is 0. The van der Waals surface area contributed by atoms with Crippen LogP contribution in [0, 0.1) is 5.82 Å². The van der Waals surface area contributed by atoms with Crippen molar-refractivity contribution in [2.75, 3.05) is 20.3 Å². The summed E-state index contributed by atoms with van der Waals surface area (Å²) in [4.78, 5) is 8.60. The summed E-state index contributed by atoms with van der Waals surface area (Å²) in [6, 6.07) is 9.90. The number of aromatic nitrogens is 1. The van der Waals surface area contributed by atoms with Gasteiger partial charge in [0.05, 0.1) is 12.2 Å². The molecule has 138 valence electrons. The number of nitrogens with zero attached hydrogens (tertiary/aromatic N) is 2. The monoisotopic (exact) mass is 358 g/mol. The van der Waals surface area contributed by atoms with Crippen molar-refractivity contribution in [3.05, 3.63) is 54.1 Å². The molecular weight excluding hydrogens is 335 g/mol. The van der Waals surface area contributed by atoms with Gasteiger partial charge in [-0.25, -0.2) is 4.39 Å². The quantitative estimate of drug-likeness (QED) is 0.635. The molecule has 7 heteroatoms. The molecule has 0 spiro atoms. The van der Waals surface area contributed by atoms with Crippen LogP contribution in [0.2, 0.25) is 0 Å². The highest BCUT2D eigenvalue weighted by Crippen LogP contribution is 2.21. The summed E-state index contributed by atoms with van der Waals surface area (Å²) in [6.45, 7) is 2.07. The van der Waals surface area contributed by atoms with E-state index in [9.17, 15) is 4.39 Å². The summed E-state index contributed by atoms with van der Waals surface area (Å²) in [6.07, 6.45) is 3.63. The number of benzene rings is 1. The molecular formula is C19H23FN4O2. The Labute approximate surface area is 152 Å². The minimum atomic E-state index is -0.291. The van der Waals surface area contributed by atoms with Crippen LogP contribution in [-0.4, -0.2) is 37.2 Å². The molecule has 0 bridgehead atoms. The molecule has 2 aromatic rings. The van der Waals surface area contributed by atoms with Crippen molar-refractivity contribution in [2.45, 2.75) is 25.4 Å². The first-order chi connectivity index (χ1) is 12.7. The number of hydrogen-bond acceptors (Lipinski definition) is 4. The van der Waals surface area contributed by atoms with E-state index in [4.69, 9.17) is 9.47 Å². The second kappa shape index (κ2) is 9.15. The minimum Gasteiger partial charge on any atom is -0.457 e. The van der Waals surface area contributed by atoms with E-state index in [2.05, 4.69) is 20.6 Å². The summed E-state index contributed by atoms with van der Waals surface area (Å²) in [5, 5.41) is 6.66. The van der Waals surface area contributed by atoms with Gasteiger partial charge in [-0.1, -0.05) is 0 Å². The molecule has 1 fully saturated rings. The zero-order valence-corrected chi connectivity index (χ0v) is 14.7. The molecule has 0 saturated carbocycles. The number of pyridine rings is 1. The fraction of sp³-hybridized carbons (Fsp3) is 0.368. The molecule has 0 atom stereocenters. The van der Waals surface area contributed by atoms with Crippen LogP contribution in [0.15, 0.2) is 47.6 Å². The van der Waals surface area contributed by atoms with Crippen molar-refractivity contribution in [3.63, 3.8) is 0 Å². The van der Waals surface area contributed by atoms with E-state index < -0.39 is 0 Å². The molecule has 0 aliphatic carbocycles. The molecule has 0 radical (unpaired) electrons. The summed E-state index contributed by atoms with van der Waals surface area (Å²) in [7, 11) is 1.75. The van der Waals surface area contributed by atoms with Gasteiger partial charge in [0.25, 0.3) is 0 Å². The normalized spacial score (nSPS) is 15.5. The number of halogens is 1. The van der Waals surface area contributed by atoms with E-state index in [0.717, 1.165) is 37.7 Å². The number of hydrogen-bond donors (Lipinski definition) is 2. The van der Waals surface area contributed by atoms with Crippen LogP contribution in [-0.2, 0) is 11.3 Å². The van der Waals surface area contributed by atoms with Gasteiger partial charge in [-0.2, -0.15) is 0 Å². The Hall–Kier alpha value is -2.67. The molecule has 0 unspecified atom stereocenters. The molecule has 0 amide bonds. The molecule has 2 heterocycles. The lowest BCUT2D eigenvalue weighted by Gasteiger charge is -2.25. The van der Waals surface area contributed by atoms with Crippen molar-refractivity contribution in [3.8, 4) is 11.5 Å². The van der Waals surface area contributed by atoms with E-state index in [1.807, 2.05) is 6.07 Å². The van der Waals surface area contributed by atoms with Crippen LogP contribution >= 0.6 is 0 Å². The molecule has 1 aromatic heterocycles. The van der Waals surface area contributed by atoms with Gasteiger partial charge in [-0.3, -0.25) is 9.98 Å². The van der Waals surface area contributed by atoms with Gasteiger partial charge in [-0.05, 0) is 43.2 Å².